The lowest BCUT2D eigenvalue weighted by atomic mass is 9.95. The van der Waals surface area contributed by atoms with Crippen LogP contribution in [0.5, 0.6) is 0 Å². The number of fused-ring (bicyclic) bond motifs is 1. The van der Waals surface area contributed by atoms with E-state index in [9.17, 15) is 14.7 Å². The lowest BCUT2D eigenvalue weighted by Crippen LogP contribution is -2.18. The quantitative estimate of drug-likeness (QED) is 0.885. The normalized spacial score (nSPS) is 14.4. The largest absolute Gasteiger partial charge is 0.478 e. The molecule has 0 saturated carbocycles. The molecular formula is C13H17NO3S. The molecule has 1 aliphatic carbocycles. The molecule has 5 heteroatoms. The van der Waals surface area contributed by atoms with Gasteiger partial charge in [-0.1, -0.05) is 13.8 Å². The zero-order chi connectivity index (χ0) is 13.3. The number of hydrogen-bond acceptors (Lipinski definition) is 3. The molecule has 0 bridgehead atoms. The van der Waals surface area contributed by atoms with Crippen LogP contribution in [0.3, 0.4) is 0 Å². The summed E-state index contributed by atoms with van der Waals surface area (Å²) in [4.78, 5) is 24.2. The molecule has 0 spiro atoms. The van der Waals surface area contributed by atoms with Crippen molar-refractivity contribution in [2.75, 3.05) is 5.32 Å². The zero-order valence-corrected chi connectivity index (χ0v) is 11.4. The van der Waals surface area contributed by atoms with Gasteiger partial charge in [0, 0.05) is 10.8 Å². The van der Waals surface area contributed by atoms with Crippen LogP contribution < -0.4 is 5.32 Å². The van der Waals surface area contributed by atoms with Crippen LogP contribution in [0.25, 0.3) is 0 Å². The maximum absolute atomic E-state index is 11.7. The first kappa shape index (κ1) is 13.1. The third-order valence-corrected chi connectivity index (χ3v) is 4.35. The molecule has 1 amide bonds. The number of rotatable bonds is 3. The van der Waals surface area contributed by atoms with E-state index in [4.69, 9.17) is 0 Å². The van der Waals surface area contributed by atoms with Crippen molar-refractivity contribution in [1.82, 2.24) is 0 Å². The summed E-state index contributed by atoms with van der Waals surface area (Å²) < 4.78 is 0. The third-order valence-electron chi connectivity index (χ3n) is 3.15. The SMILES string of the molecule is CC(C)C(=O)Nc1sc2c(c1C(=O)O)CCCC2. The summed E-state index contributed by atoms with van der Waals surface area (Å²) >= 11 is 1.42. The second-order valence-electron chi connectivity index (χ2n) is 4.86. The van der Waals surface area contributed by atoms with Crippen molar-refractivity contribution in [3.8, 4) is 0 Å². The van der Waals surface area contributed by atoms with Crippen LogP contribution in [-0.4, -0.2) is 17.0 Å². The van der Waals surface area contributed by atoms with Gasteiger partial charge in [-0.3, -0.25) is 4.79 Å². The Morgan fingerprint density at radius 2 is 1.94 bits per heavy atom. The molecule has 0 saturated heterocycles. The first-order valence-electron chi connectivity index (χ1n) is 6.19. The van der Waals surface area contributed by atoms with Crippen molar-refractivity contribution in [2.45, 2.75) is 39.5 Å². The number of carboxylic acids is 1. The van der Waals surface area contributed by atoms with Gasteiger partial charge in [0.1, 0.15) is 5.00 Å². The topological polar surface area (TPSA) is 66.4 Å². The maximum atomic E-state index is 11.7. The first-order valence-corrected chi connectivity index (χ1v) is 7.01. The van der Waals surface area contributed by atoms with E-state index in [2.05, 4.69) is 5.32 Å². The molecule has 1 aromatic heterocycles. The van der Waals surface area contributed by atoms with Crippen LogP contribution in [0.1, 0.15) is 47.5 Å². The molecule has 98 valence electrons. The van der Waals surface area contributed by atoms with E-state index < -0.39 is 5.97 Å². The molecule has 0 radical (unpaired) electrons. The summed E-state index contributed by atoms with van der Waals surface area (Å²) in [6, 6.07) is 0. The Morgan fingerprint density at radius 1 is 1.28 bits per heavy atom. The Labute approximate surface area is 110 Å². The number of carbonyl (C=O) groups excluding carboxylic acids is 1. The number of aromatic carboxylic acids is 1. The van der Waals surface area contributed by atoms with Gasteiger partial charge in [-0.25, -0.2) is 4.79 Å². The molecule has 0 aliphatic heterocycles. The number of amides is 1. The molecule has 4 nitrogen and oxygen atoms in total. The maximum Gasteiger partial charge on any atom is 0.339 e. The van der Waals surface area contributed by atoms with Crippen LogP contribution in [-0.2, 0) is 17.6 Å². The van der Waals surface area contributed by atoms with Crippen molar-refractivity contribution >= 4 is 28.2 Å². The molecule has 0 atom stereocenters. The Kier molecular flexibility index (Phi) is 3.71. The fraction of sp³-hybridized carbons (Fsp3) is 0.538. The second kappa shape index (κ2) is 5.10. The van der Waals surface area contributed by atoms with Crippen LogP contribution in [0, 0.1) is 5.92 Å². The number of carboxylic acid groups (broad SMARTS) is 1. The minimum Gasteiger partial charge on any atom is -0.478 e. The molecule has 0 fully saturated rings. The van der Waals surface area contributed by atoms with Crippen LogP contribution in [0.2, 0.25) is 0 Å². The van der Waals surface area contributed by atoms with E-state index in [1.165, 1.54) is 11.3 Å². The number of thiophene rings is 1. The molecular weight excluding hydrogens is 250 g/mol. The zero-order valence-electron chi connectivity index (χ0n) is 10.6. The molecule has 0 aromatic carbocycles. The summed E-state index contributed by atoms with van der Waals surface area (Å²) in [6.45, 7) is 3.59. The van der Waals surface area contributed by atoms with Crippen molar-refractivity contribution in [2.24, 2.45) is 5.92 Å². The molecule has 0 unspecified atom stereocenters. The molecule has 2 N–H and O–H groups in total. The Hall–Kier alpha value is -1.36. The number of aryl methyl sites for hydroxylation is 1. The van der Waals surface area contributed by atoms with Crippen molar-refractivity contribution in [3.05, 3.63) is 16.0 Å². The highest BCUT2D eigenvalue weighted by atomic mass is 32.1. The minimum atomic E-state index is -0.937. The number of carbonyl (C=O) groups is 2. The Morgan fingerprint density at radius 3 is 2.56 bits per heavy atom. The van der Waals surface area contributed by atoms with E-state index >= 15 is 0 Å². The van der Waals surface area contributed by atoms with Gasteiger partial charge in [0.05, 0.1) is 5.56 Å². The fourth-order valence-corrected chi connectivity index (χ4v) is 3.42. The number of anilines is 1. The van der Waals surface area contributed by atoms with E-state index in [0.717, 1.165) is 36.1 Å². The molecule has 1 aromatic rings. The molecule has 1 aliphatic rings. The first-order chi connectivity index (χ1) is 8.50. The molecule has 2 rings (SSSR count). The lowest BCUT2D eigenvalue weighted by molar-refractivity contribution is -0.118. The smallest absolute Gasteiger partial charge is 0.339 e. The van der Waals surface area contributed by atoms with Gasteiger partial charge in [0.2, 0.25) is 5.91 Å². The van der Waals surface area contributed by atoms with Gasteiger partial charge in [-0.2, -0.15) is 0 Å². The summed E-state index contributed by atoms with van der Waals surface area (Å²) in [5.41, 5.74) is 1.24. The molecule has 1 heterocycles. The van der Waals surface area contributed by atoms with Gasteiger partial charge in [0.15, 0.2) is 0 Å². The Balaban J connectivity index is 2.37. The van der Waals surface area contributed by atoms with Crippen molar-refractivity contribution in [3.63, 3.8) is 0 Å². The monoisotopic (exact) mass is 267 g/mol. The summed E-state index contributed by atoms with van der Waals surface area (Å²) in [6.07, 6.45) is 3.87. The standard InChI is InChI=1S/C13H17NO3S/c1-7(2)11(15)14-12-10(13(16)17)8-5-3-4-6-9(8)18-12/h7H,3-6H2,1-2H3,(H,14,15)(H,16,17). The van der Waals surface area contributed by atoms with Crippen molar-refractivity contribution in [1.29, 1.82) is 0 Å². The average molecular weight is 267 g/mol. The summed E-state index contributed by atoms with van der Waals surface area (Å²) in [7, 11) is 0. The highest BCUT2D eigenvalue weighted by Gasteiger charge is 2.26. The van der Waals surface area contributed by atoms with Crippen LogP contribution >= 0.6 is 11.3 Å². The van der Waals surface area contributed by atoms with E-state index in [0.29, 0.717) is 10.6 Å². The number of hydrogen-bond donors (Lipinski definition) is 2. The van der Waals surface area contributed by atoms with E-state index in [1.807, 2.05) is 0 Å². The number of nitrogens with one attached hydrogen (secondary N) is 1. The third kappa shape index (κ3) is 2.41. The highest BCUT2D eigenvalue weighted by Crippen LogP contribution is 2.38. The predicted octanol–water partition coefficient (Wildman–Crippen LogP) is 2.92. The van der Waals surface area contributed by atoms with Gasteiger partial charge in [0.25, 0.3) is 0 Å². The van der Waals surface area contributed by atoms with E-state index in [1.54, 1.807) is 13.8 Å². The Bertz CT molecular complexity index is 491. The summed E-state index contributed by atoms with van der Waals surface area (Å²) in [5, 5.41) is 12.6. The van der Waals surface area contributed by atoms with Crippen molar-refractivity contribution < 1.29 is 14.7 Å². The minimum absolute atomic E-state index is 0.129. The van der Waals surface area contributed by atoms with Crippen LogP contribution in [0.4, 0.5) is 5.00 Å². The second-order valence-corrected chi connectivity index (χ2v) is 5.97. The summed E-state index contributed by atoms with van der Waals surface area (Å²) in [5.74, 6) is -1.21. The highest BCUT2D eigenvalue weighted by molar-refractivity contribution is 7.17. The fourth-order valence-electron chi connectivity index (χ4n) is 2.14. The predicted molar refractivity (Wildman–Crippen MR) is 71.4 cm³/mol. The molecule has 18 heavy (non-hydrogen) atoms. The lowest BCUT2D eigenvalue weighted by Gasteiger charge is -2.10. The van der Waals surface area contributed by atoms with Crippen LogP contribution in [0.15, 0.2) is 0 Å². The van der Waals surface area contributed by atoms with Gasteiger partial charge < -0.3 is 10.4 Å². The van der Waals surface area contributed by atoms with Gasteiger partial charge >= 0.3 is 5.97 Å². The van der Waals surface area contributed by atoms with Gasteiger partial charge in [-0.05, 0) is 31.2 Å². The average Bonchev–Trinajstić information content (AvgIpc) is 2.66. The van der Waals surface area contributed by atoms with E-state index in [-0.39, 0.29) is 11.8 Å². The van der Waals surface area contributed by atoms with Gasteiger partial charge in [-0.15, -0.1) is 11.3 Å².